The van der Waals surface area contributed by atoms with E-state index in [9.17, 15) is 18.8 Å². The average molecular weight is 385 g/mol. The molecule has 2 aliphatic heterocycles. The van der Waals surface area contributed by atoms with Crippen molar-refractivity contribution in [2.75, 3.05) is 37.6 Å². The van der Waals surface area contributed by atoms with Crippen LogP contribution in [0.25, 0.3) is 0 Å². The number of hydrogen-bond donors (Lipinski definition) is 0. The van der Waals surface area contributed by atoms with Crippen LogP contribution in [0, 0.1) is 17.7 Å². The van der Waals surface area contributed by atoms with Gasteiger partial charge in [0.25, 0.3) is 0 Å². The third kappa shape index (κ3) is 3.41. The molecule has 2 saturated heterocycles. The van der Waals surface area contributed by atoms with E-state index in [0.29, 0.717) is 44.7 Å². The van der Waals surface area contributed by atoms with Crippen molar-refractivity contribution >= 4 is 23.4 Å². The molecule has 0 saturated carbocycles. The van der Waals surface area contributed by atoms with Gasteiger partial charge >= 0.3 is 0 Å². The Hall–Kier alpha value is -2.70. The van der Waals surface area contributed by atoms with Crippen LogP contribution in [0.5, 0.6) is 0 Å². The topological polar surface area (TPSA) is 60.9 Å². The Balaban J connectivity index is 1.29. The molecule has 1 aromatic rings. The number of hydrogen-bond acceptors (Lipinski definition) is 4. The SMILES string of the molecule is O=C(CCN1C(=O)[C@H]2CC=CC[C@H]2C1=O)N1CCN(c2ccccc2F)CC1. The van der Waals surface area contributed by atoms with Gasteiger partial charge in [0.15, 0.2) is 0 Å². The molecule has 2 heterocycles. The Morgan fingerprint density at radius 1 is 0.964 bits per heavy atom. The lowest BCUT2D eigenvalue weighted by Crippen LogP contribution is -2.49. The first kappa shape index (κ1) is 18.7. The van der Waals surface area contributed by atoms with Crippen molar-refractivity contribution in [3.8, 4) is 0 Å². The lowest BCUT2D eigenvalue weighted by Gasteiger charge is -2.36. The van der Waals surface area contributed by atoms with Gasteiger partial charge in [-0.1, -0.05) is 24.3 Å². The minimum atomic E-state index is -0.260. The monoisotopic (exact) mass is 385 g/mol. The molecule has 0 unspecified atom stereocenters. The zero-order chi connectivity index (χ0) is 19.7. The van der Waals surface area contributed by atoms with Gasteiger partial charge in [0.2, 0.25) is 17.7 Å². The van der Waals surface area contributed by atoms with E-state index < -0.39 is 0 Å². The molecule has 6 nitrogen and oxygen atoms in total. The van der Waals surface area contributed by atoms with E-state index >= 15 is 0 Å². The van der Waals surface area contributed by atoms with Gasteiger partial charge in [0.05, 0.1) is 17.5 Å². The summed E-state index contributed by atoms with van der Waals surface area (Å²) in [5.41, 5.74) is 0.555. The molecule has 28 heavy (non-hydrogen) atoms. The first-order valence-electron chi connectivity index (χ1n) is 9.83. The summed E-state index contributed by atoms with van der Waals surface area (Å²) in [5.74, 6) is -1.12. The number of carbonyl (C=O) groups excluding carboxylic acids is 3. The van der Waals surface area contributed by atoms with Crippen LogP contribution in [0.2, 0.25) is 0 Å². The van der Waals surface area contributed by atoms with E-state index in [1.807, 2.05) is 17.1 Å². The number of piperazine rings is 1. The molecular formula is C21H24FN3O3. The van der Waals surface area contributed by atoms with Crippen molar-refractivity contribution in [1.82, 2.24) is 9.80 Å². The predicted octanol–water partition coefficient (Wildman–Crippen LogP) is 1.82. The molecule has 3 amide bonds. The lowest BCUT2D eigenvalue weighted by molar-refractivity contribution is -0.140. The summed E-state index contributed by atoms with van der Waals surface area (Å²) in [4.78, 5) is 42.5. The highest BCUT2D eigenvalue weighted by Crippen LogP contribution is 2.35. The summed E-state index contributed by atoms with van der Waals surface area (Å²) in [7, 11) is 0. The normalized spacial score (nSPS) is 24.7. The van der Waals surface area contributed by atoms with Crippen molar-refractivity contribution in [2.45, 2.75) is 19.3 Å². The maximum absolute atomic E-state index is 13.9. The molecule has 2 fully saturated rings. The zero-order valence-electron chi connectivity index (χ0n) is 15.7. The quantitative estimate of drug-likeness (QED) is 0.586. The summed E-state index contributed by atoms with van der Waals surface area (Å²) in [6, 6.07) is 6.63. The van der Waals surface area contributed by atoms with Crippen LogP contribution < -0.4 is 4.90 Å². The minimum Gasteiger partial charge on any atom is -0.366 e. The van der Waals surface area contributed by atoms with Crippen LogP contribution in [-0.2, 0) is 14.4 Å². The smallest absolute Gasteiger partial charge is 0.233 e. The van der Waals surface area contributed by atoms with Crippen molar-refractivity contribution < 1.29 is 18.8 Å². The van der Waals surface area contributed by atoms with Gasteiger partial charge in [-0.15, -0.1) is 0 Å². The highest BCUT2D eigenvalue weighted by Gasteiger charge is 2.47. The van der Waals surface area contributed by atoms with Crippen molar-refractivity contribution in [2.24, 2.45) is 11.8 Å². The standard InChI is InChI=1S/C21H24FN3O3/c22-17-7-3-4-8-18(17)23-11-13-24(14-12-23)19(26)9-10-25-20(27)15-5-1-2-6-16(15)21(25)28/h1-4,7-8,15-16H,5-6,9-14H2/t15-,16+. The van der Waals surface area contributed by atoms with Gasteiger partial charge in [-0.2, -0.15) is 0 Å². The molecule has 1 aliphatic carbocycles. The number of likely N-dealkylation sites (tertiary alicyclic amines) is 1. The number of allylic oxidation sites excluding steroid dienone is 2. The fraction of sp³-hybridized carbons (Fsp3) is 0.476. The van der Waals surface area contributed by atoms with Crippen molar-refractivity contribution in [3.63, 3.8) is 0 Å². The Labute approximate surface area is 163 Å². The van der Waals surface area contributed by atoms with Gasteiger partial charge in [-0.3, -0.25) is 19.3 Å². The Morgan fingerprint density at radius 2 is 1.57 bits per heavy atom. The highest BCUT2D eigenvalue weighted by molar-refractivity contribution is 6.05. The molecule has 0 aromatic heterocycles. The number of amides is 3. The number of imide groups is 1. The third-order valence-corrected chi connectivity index (χ3v) is 5.97. The zero-order valence-corrected chi connectivity index (χ0v) is 15.7. The molecule has 2 atom stereocenters. The van der Waals surface area contributed by atoms with Crippen LogP contribution in [0.1, 0.15) is 19.3 Å². The number of nitrogens with zero attached hydrogens (tertiary/aromatic N) is 3. The number of benzene rings is 1. The first-order valence-corrected chi connectivity index (χ1v) is 9.83. The molecule has 0 spiro atoms. The summed E-state index contributed by atoms with van der Waals surface area (Å²) in [5, 5.41) is 0. The molecule has 4 rings (SSSR count). The summed E-state index contributed by atoms with van der Waals surface area (Å²) >= 11 is 0. The maximum atomic E-state index is 13.9. The molecule has 3 aliphatic rings. The average Bonchev–Trinajstić information content (AvgIpc) is 2.97. The summed E-state index contributed by atoms with van der Waals surface area (Å²) in [6.07, 6.45) is 5.27. The van der Waals surface area contributed by atoms with E-state index in [2.05, 4.69) is 0 Å². The second-order valence-electron chi connectivity index (χ2n) is 7.55. The number of rotatable bonds is 4. The number of carbonyl (C=O) groups is 3. The highest BCUT2D eigenvalue weighted by atomic mass is 19.1. The molecular weight excluding hydrogens is 361 g/mol. The van der Waals surface area contributed by atoms with Gasteiger partial charge in [0, 0.05) is 39.1 Å². The molecule has 0 N–H and O–H groups in total. The van der Waals surface area contributed by atoms with Crippen LogP contribution in [-0.4, -0.2) is 60.2 Å². The Bertz CT molecular complexity index is 791. The van der Waals surface area contributed by atoms with Crippen LogP contribution in [0.15, 0.2) is 36.4 Å². The van der Waals surface area contributed by atoms with Gasteiger partial charge in [-0.05, 0) is 25.0 Å². The summed E-state index contributed by atoms with van der Waals surface area (Å²) in [6.45, 7) is 2.28. The van der Waals surface area contributed by atoms with Crippen LogP contribution in [0.3, 0.4) is 0 Å². The molecule has 0 bridgehead atoms. The van der Waals surface area contributed by atoms with Gasteiger partial charge in [0.1, 0.15) is 5.82 Å². The molecule has 7 heteroatoms. The summed E-state index contributed by atoms with van der Waals surface area (Å²) < 4.78 is 13.9. The Morgan fingerprint density at radius 3 is 2.18 bits per heavy atom. The second-order valence-corrected chi connectivity index (χ2v) is 7.55. The van der Waals surface area contributed by atoms with E-state index in [0.717, 1.165) is 0 Å². The fourth-order valence-corrected chi connectivity index (χ4v) is 4.36. The number of para-hydroxylation sites is 1. The van der Waals surface area contributed by atoms with Crippen molar-refractivity contribution in [3.05, 3.63) is 42.2 Å². The van der Waals surface area contributed by atoms with E-state index in [1.54, 1.807) is 23.1 Å². The van der Waals surface area contributed by atoms with E-state index in [1.165, 1.54) is 11.0 Å². The first-order chi connectivity index (χ1) is 13.6. The largest absolute Gasteiger partial charge is 0.366 e. The van der Waals surface area contributed by atoms with Crippen LogP contribution in [0.4, 0.5) is 10.1 Å². The van der Waals surface area contributed by atoms with Crippen molar-refractivity contribution in [1.29, 1.82) is 0 Å². The molecule has 1 aromatic carbocycles. The second kappa shape index (κ2) is 7.73. The maximum Gasteiger partial charge on any atom is 0.233 e. The fourth-order valence-electron chi connectivity index (χ4n) is 4.36. The number of halogens is 1. The number of anilines is 1. The lowest BCUT2D eigenvalue weighted by atomic mass is 9.85. The van der Waals surface area contributed by atoms with Gasteiger partial charge < -0.3 is 9.80 Å². The molecule has 148 valence electrons. The molecule has 0 radical (unpaired) electrons. The van der Waals surface area contributed by atoms with Gasteiger partial charge in [-0.25, -0.2) is 4.39 Å². The van der Waals surface area contributed by atoms with E-state index in [4.69, 9.17) is 0 Å². The number of fused-ring (bicyclic) bond motifs is 1. The van der Waals surface area contributed by atoms with Crippen LogP contribution >= 0.6 is 0 Å². The predicted molar refractivity (Wildman–Crippen MR) is 102 cm³/mol. The van der Waals surface area contributed by atoms with E-state index in [-0.39, 0.29) is 48.3 Å². The Kier molecular flexibility index (Phi) is 5.15. The third-order valence-electron chi connectivity index (χ3n) is 5.97. The minimum absolute atomic E-state index is 0.0678.